The number of nitrogens with zero attached hydrogens (tertiary/aromatic N) is 3. The molecule has 0 atom stereocenters. The van der Waals surface area contributed by atoms with Crippen LogP contribution in [0.2, 0.25) is 0 Å². The van der Waals surface area contributed by atoms with E-state index in [9.17, 15) is 9.18 Å². The third kappa shape index (κ3) is 4.59. The molecule has 0 N–H and O–H groups in total. The zero-order chi connectivity index (χ0) is 14.3. The number of hydrogen-bond donors (Lipinski definition) is 0. The van der Waals surface area contributed by atoms with Crippen molar-refractivity contribution >= 4 is 11.6 Å². The molecule has 4 nitrogen and oxygen atoms in total. The van der Waals surface area contributed by atoms with Crippen LogP contribution in [0.3, 0.4) is 0 Å². The van der Waals surface area contributed by atoms with E-state index >= 15 is 0 Å². The van der Waals surface area contributed by atoms with E-state index in [4.69, 9.17) is 5.26 Å². The fraction of sp³-hybridized carbons (Fsp3) is 0.429. The van der Waals surface area contributed by atoms with Gasteiger partial charge in [0.2, 0.25) is 5.91 Å². The molecule has 0 aliphatic heterocycles. The summed E-state index contributed by atoms with van der Waals surface area (Å²) in [5.74, 6) is -0.400. The van der Waals surface area contributed by atoms with Gasteiger partial charge in [-0.3, -0.25) is 4.79 Å². The summed E-state index contributed by atoms with van der Waals surface area (Å²) in [6, 6.07) is 8.18. The quantitative estimate of drug-likeness (QED) is 0.789. The third-order valence-electron chi connectivity index (χ3n) is 2.87. The minimum absolute atomic E-state index is 0.0821. The van der Waals surface area contributed by atoms with E-state index in [1.807, 2.05) is 13.0 Å². The average molecular weight is 263 g/mol. The lowest BCUT2D eigenvalue weighted by atomic mass is 10.2. The number of anilines is 1. The van der Waals surface area contributed by atoms with Crippen LogP contribution in [0.5, 0.6) is 0 Å². The smallest absolute Gasteiger partial charge is 0.241 e. The zero-order valence-corrected chi connectivity index (χ0v) is 11.3. The largest absolute Gasteiger partial charge is 0.362 e. The second kappa shape index (κ2) is 7.37. The maximum absolute atomic E-state index is 13.2. The molecule has 1 rings (SSSR count). The number of benzene rings is 1. The van der Waals surface area contributed by atoms with Gasteiger partial charge in [-0.2, -0.15) is 5.26 Å². The van der Waals surface area contributed by atoms with Crippen molar-refractivity contribution in [1.29, 1.82) is 5.26 Å². The van der Waals surface area contributed by atoms with Crippen molar-refractivity contribution in [3.05, 3.63) is 30.1 Å². The highest BCUT2D eigenvalue weighted by Crippen LogP contribution is 2.15. The first-order valence-corrected chi connectivity index (χ1v) is 6.20. The summed E-state index contributed by atoms with van der Waals surface area (Å²) in [4.78, 5) is 15.3. The fourth-order valence-electron chi connectivity index (χ4n) is 1.68. The number of halogens is 1. The number of carbonyl (C=O) groups excluding carboxylic acids is 1. The molecule has 0 bridgehead atoms. The summed E-state index contributed by atoms with van der Waals surface area (Å²) in [5.41, 5.74) is 0.685. The number of rotatable bonds is 6. The van der Waals surface area contributed by atoms with Gasteiger partial charge in [0.1, 0.15) is 5.82 Å². The Bertz CT molecular complexity index is 470. The Morgan fingerprint density at radius 2 is 2.21 bits per heavy atom. The Balaban J connectivity index is 2.67. The Morgan fingerprint density at radius 1 is 1.47 bits per heavy atom. The Morgan fingerprint density at radius 3 is 2.79 bits per heavy atom. The first-order chi connectivity index (χ1) is 9.08. The van der Waals surface area contributed by atoms with Crippen LogP contribution >= 0.6 is 0 Å². The van der Waals surface area contributed by atoms with Gasteiger partial charge in [-0.1, -0.05) is 6.07 Å². The molecule has 1 amide bonds. The minimum Gasteiger partial charge on any atom is -0.362 e. The third-order valence-corrected chi connectivity index (χ3v) is 2.87. The predicted octanol–water partition coefficient (Wildman–Crippen LogP) is 2.02. The Labute approximate surface area is 113 Å². The highest BCUT2D eigenvalue weighted by Gasteiger charge is 2.14. The molecule has 0 aromatic heterocycles. The highest BCUT2D eigenvalue weighted by molar-refractivity contribution is 5.81. The highest BCUT2D eigenvalue weighted by atomic mass is 19.1. The van der Waals surface area contributed by atoms with Crippen LogP contribution in [0.4, 0.5) is 10.1 Å². The molecule has 19 heavy (non-hydrogen) atoms. The van der Waals surface area contributed by atoms with Gasteiger partial charge in [-0.25, -0.2) is 4.39 Å². The van der Waals surface area contributed by atoms with Gasteiger partial charge >= 0.3 is 0 Å². The number of hydrogen-bond acceptors (Lipinski definition) is 3. The van der Waals surface area contributed by atoms with Crippen LogP contribution in [-0.4, -0.2) is 37.5 Å². The van der Waals surface area contributed by atoms with Gasteiger partial charge in [-0.05, 0) is 25.1 Å². The summed E-state index contributed by atoms with van der Waals surface area (Å²) in [6.07, 6.45) is 0.314. The second-order valence-electron chi connectivity index (χ2n) is 4.22. The van der Waals surface area contributed by atoms with Crippen LogP contribution in [0.15, 0.2) is 24.3 Å². The summed E-state index contributed by atoms with van der Waals surface area (Å²) in [7, 11) is 1.67. The van der Waals surface area contributed by atoms with Crippen LogP contribution < -0.4 is 4.90 Å². The lowest BCUT2D eigenvalue weighted by molar-refractivity contribution is -0.128. The average Bonchev–Trinajstić information content (AvgIpc) is 2.41. The summed E-state index contributed by atoms with van der Waals surface area (Å²) in [5, 5.41) is 8.49. The van der Waals surface area contributed by atoms with Crippen molar-refractivity contribution < 1.29 is 9.18 Å². The van der Waals surface area contributed by atoms with Crippen molar-refractivity contribution in [2.24, 2.45) is 0 Å². The first-order valence-electron chi connectivity index (χ1n) is 6.20. The predicted molar refractivity (Wildman–Crippen MR) is 72.2 cm³/mol. The minimum atomic E-state index is -0.318. The molecule has 0 spiro atoms. The van der Waals surface area contributed by atoms with Gasteiger partial charge in [0, 0.05) is 25.8 Å². The molecule has 1 aromatic rings. The van der Waals surface area contributed by atoms with E-state index in [0.29, 0.717) is 25.2 Å². The van der Waals surface area contributed by atoms with Crippen molar-refractivity contribution in [3.63, 3.8) is 0 Å². The van der Waals surface area contributed by atoms with Crippen LogP contribution in [0, 0.1) is 17.1 Å². The molecule has 0 saturated carbocycles. The van der Waals surface area contributed by atoms with E-state index < -0.39 is 0 Å². The molecule has 102 valence electrons. The summed E-state index contributed by atoms with van der Waals surface area (Å²) < 4.78 is 13.2. The van der Waals surface area contributed by atoms with Crippen molar-refractivity contribution in [3.8, 4) is 6.07 Å². The van der Waals surface area contributed by atoms with E-state index in [-0.39, 0.29) is 18.3 Å². The normalized spacial score (nSPS) is 9.79. The lowest BCUT2D eigenvalue weighted by Gasteiger charge is -2.25. The van der Waals surface area contributed by atoms with Gasteiger partial charge in [-0.15, -0.1) is 0 Å². The molecule has 0 heterocycles. The van der Waals surface area contributed by atoms with E-state index in [1.165, 1.54) is 17.0 Å². The lowest BCUT2D eigenvalue weighted by Crippen LogP contribution is -2.38. The number of likely N-dealkylation sites (N-methyl/N-ethyl adjacent to an activating group) is 2. The zero-order valence-electron chi connectivity index (χ0n) is 11.3. The molecule has 0 radical (unpaired) electrons. The molecule has 5 heteroatoms. The van der Waals surface area contributed by atoms with E-state index in [0.717, 1.165) is 0 Å². The monoisotopic (exact) mass is 263 g/mol. The second-order valence-corrected chi connectivity index (χ2v) is 4.22. The molecular weight excluding hydrogens is 245 g/mol. The molecular formula is C14H18FN3O. The Kier molecular flexibility index (Phi) is 5.80. The molecule has 0 saturated heterocycles. The Hall–Kier alpha value is -2.09. The van der Waals surface area contributed by atoms with Gasteiger partial charge < -0.3 is 9.80 Å². The SMILES string of the molecule is CCN(CC(=O)N(C)CCC#N)c1cccc(F)c1. The molecule has 1 aromatic carbocycles. The standard InChI is InChI=1S/C14H18FN3O/c1-3-18(13-7-4-6-12(15)10-13)11-14(19)17(2)9-5-8-16/h4,6-7,10H,3,5,9,11H2,1-2H3. The molecule has 0 aliphatic carbocycles. The topological polar surface area (TPSA) is 47.3 Å². The van der Waals surface area contributed by atoms with Gasteiger partial charge in [0.25, 0.3) is 0 Å². The summed E-state index contributed by atoms with van der Waals surface area (Å²) in [6.45, 7) is 3.12. The molecule has 0 aliphatic rings. The molecule has 0 unspecified atom stereocenters. The summed E-state index contributed by atoms with van der Waals surface area (Å²) >= 11 is 0. The maximum Gasteiger partial charge on any atom is 0.241 e. The number of nitriles is 1. The maximum atomic E-state index is 13.2. The first kappa shape index (κ1) is 15.0. The van der Waals surface area contributed by atoms with Crippen LogP contribution in [0.1, 0.15) is 13.3 Å². The van der Waals surface area contributed by atoms with Gasteiger partial charge in [0.05, 0.1) is 19.0 Å². The van der Waals surface area contributed by atoms with Crippen LogP contribution in [-0.2, 0) is 4.79 Å². The van der Waals surface area contributed by atoms with E-state index in [1.54, 1.807) is 24.1 Å². The molecule has 0 fully saturated rings. The van der Waals surface area contributed by atoms with Crippen LogP contribution in [0.25, 0.3) is 0 Å². The van der Waals surface area contributed by atoms with Crippen molar-refractivity contribution in [2.75, 3.05) is 31.6 Å². The van der Waals surface area contributed by atoms with E-state index in [2.05, 4.69) is 0 Å². The van der Waals surface area contributed by atoms with Gasteiger partial charge in [0.15, 0.2) is 0 Å². The van der Waals surface area contributed by atoms with Crippen molar-refractivity contribution in [2.45, 2.75) is 13.3 Å². The number of amides is 1. The number of carbonyl (C=O) groups is 1. The van der Waals surface area contributed by atoms with Crippen molar-refractivity contribution in [1.82, 2.24) is 4.90 Å². The fourth-order valence-corrected chi connectivity index (χ4v) is 1.68.